The first kappa shape index (κ1) is 8.92. The molecule has 0 radical (unpaired) electrons. The van der Waals surface area contributed by atoms with Gasteiger partial charge in [-0.1, -0.05) is 25.7 Å². The second kappa shape index (κ2) is 4.03. The molecule has 2 aliphatic rings. The number of nitrogens with one attached hydrogen (secondary N) is 1. The first-order valence-corrected chi connectivity index (χ1v) is 5.47. The molecule has 0 amide bonds. The van der Waals surface area contributed by atoms with E-state index in [4.69, 9.17) is 5.41 Å². The van der Waals surface area contributed by atoms with E-state index in [9.17, 15) is 0 Å². The average molecular weight is 178 g/mol. The Morgan fingerprint density at radius 3 is 2.77 bits per heavy atom. The summed E-state index contributed by atoms with van der Waals surface area (Å²) >= 11 is 0. The summed E-state index contributed by atoms with van der Waals surface area (Å²) in [6.45, 7) is 0. The van der Waals surface area contributed by atoms with E-state index in [0.717, 1.165) is 12.1 Å². The molecule has 0 aromatic heterocycles. The van der Waals surface area contributed by atoms with E-state index in [1.807, 2.05) is 6.21 Å². The van der Waals surface area contributed by atoms with Crippen molar-refractivity contribution in [1.29, 1.82) is 5.41 Å². The van der Waals surface area contributed by atoms with Crippen LogP contribution in [0.15, 0.2) is 4.99 Å². The van der Waals surface area contributed by atoms with Crippen LogP contribution in [0.2, 0.25) is 0 Å². The van der Waals surface area contributed by atoms with E-state index in [-0.39, 0.29) is 0 Å². The molecule has 1 aliphatic carbocycles. The van der Waals surface area contributed by atoms with Gasteiger partial charge in [0.15, 0.2) is 0 Å². The predicted octanol–water partition coefficient (Wildman–Crippen LogP) is 2.82. The Hall–Kier alpha value is -0.660. The van der Waals surface area contributed by atoms with Crippen molar-refractivity contribution in [3.63, 3.8) is 0 Å². The molecule has 2 heteroatoms. The molecule has 2 rings (SSSR count). The minimum absolute atomic E-state index is 0.460. The second-order valence-electron chi connectivity index (χ2n) is 4.23. The van der Waals surface area contributed by atoms with Crippen molar-refractivity contribution in [3.8, 4) is 0 Å². The monoisotopic (exact) mass is 178 g/mol. The lowest BCUT2D eigenvalue weighted by molar-refractivity contribution is 0.395. The lowest BCUT2D eigenvalue weighted by atomic mass is 9.81. The summed E-state index contributed by atoms with van der Waals surface area (Å²) in [4.78, 5) is 4.54. The zero-order valence-electron chi connectivity index (χ0n) is 8.13. The van der Waals surface area contributed by atoms with E-state index in [0.29, 0.717) is 12.0 Å². The molecule has 0 saturated heterocycles. The average Bonchev–Trinajstić information content (AvgIpc) is 2.07. The number of rotatable bonds is 0. The molecule has 0 aromatic carbocycles. The molecule has 0 bridgehead atoms. The second-order valence-corrected chi connectivity index (χ2v) is 4.23. The minimum atomic E-state index is 0.460. The maximum Gasteiger partial charge on any atom is 0.0576 e. The normalized spacial score (nSPS) is 34.9. The van der Waals surface area contributed by atoms with Gasteiger partial charge in [0.25, 0.3) is 0 Å². The Morgan fingerprint density at radius 1 is 1.15 bits per heavy atom. The molecular weight excluding hydrogens is 160 g/mol. The van der Waals surface area contributed by atoms with Crippen molar-refractivity contribution in [2.24, 2.45) is 10.9 Å². The summed E-state index contributed by atoms with van der Waals surface area (Å²) < 4.78 is 0. The lowest BCUT2D eigenvalue weighted by Gasteiger charge is -2.29. The van der Waals surface area contributed by atoms with Crippen LogP contribution in [0.3, 0.4) is 0 Å². The fourth-order valence-electron chi connectivity index (χ4n) is 2.49. The van der Waals surface area contributed by atoms with Gasteiger partial charge in [0.1, 0.15) is 0 Å². The van der Waals surface area contributed by atoms with Crippen LogP contribution < -0.4 is 0 Å². The molecule has 1 heterocycles. The van der Waals surface area contributed by atoms with E-state index in [1.54, 1.807) is 0 Å². The van der Waals surface area contributed by atoms with Gasteiger partial charge in [-0.15, -0.1) is 0 Å². The van der Waals surface area contributed by atoms with E-state index in [2.05, 4.69) is 4.99 Å². The van der Waals surface area contributed by atoms with Crippen LogP contribution in [-0.4, -0.2) is 18.0 Å². The highest BCUT2D eigenvalue weighted by molar-refractivity contribution is 5.97. The standard InChI is InChI=1S/C11H18N2/c12-10-7-8-13-11-6-4-2-1-3-5-9(10)11/h8-9,11-12H,1-7H2. The molecule has 2 atom stereocenters. The first-order chi connectivity index (χ1) is 6.38. The molecular formula is C11H18N2. The molecule has 1 N–H and O–H groups in total. The molecule has 13 heavy (non-hydrogen) atoms. The molecule has 0 spiro atoms. The molecule has 2 nitrogen and oxygen atoms in total. The number of hydrogen-bond acceptors (Lipinski definition) is 2. The number of nitrogens with zero attached hydrogens (tertiary/aromatic N) is 1. The fraction of sp³-hybridized carbons (Fsp3) is 0.818. The highest BCUT2D eigenvalue weighted by atomic mass is 14.8. The van der Waals surface area contributed by atoms with Crippen molar-refractivity contribution >= 4 is 11.9 Å². The smallest absolute Gasteiger partial charge is 0.0576 e. The third-order valence-corrected chi connectivity index (χ3v) is 3.29. The molecule has 1 saturated carbocycles. The van der Waals surface area contributed by atoms with Crippen molar-refractivity contribution in [1.82, 2.24) is 0 Å². The van der Waals surface area contributed by atoms with E-state index >= 15 is 0 Å². The van der Waals surface area contributed by atoms with Crippen LogP contribution in [-0.2, 0) is 0 Å². The Bertz CT molecular complexity index is 220. The summed E-state index contributed by atoms with van der Waals surface area (Å²) in [6.07, 6.45) is 10.5. The molecule has 72 valence electrons. The maximum absolute atomic E-state index is 7.89. The van der Waals surface area contributed by atoms with Crippen LogP contribution in [0.25, 0.3) is 0 Å². The van der Waals surface area contributed by atoms with Crippen LogP contribution in [0, 0.1) is 11.3 Å². The third-order valence-electron chi connectivity index (χ3n) is 3.29. The highest BCUT2D eigenvalue weighted by Gasteiger charge is 2.27. The third kappa shape index (κ3) is 1.98. The van der Waals surface area contributed by atoms with Gasteiger partial charge in [0.2, 0.25) is 0 Å². The van der Waals surface area contributed by atoms with Gasteiger partial charge in [0.05, 0.1) is 6.04 Å². The summed E-state index contributed by atoms with van der Waals surface area (Å²) in [5, 5.41) is 7.89. The van der Waals surface area contributed by atoms with Gasteiger partial charge in [0, 0.05) is 24.3 Å². The summed E-state index contributed by atoms with van der Waals surface area (Å²) in [6, 6.07) is 0.460. The van der Waals surface area contributed by atoms with Gasteiger partial charge in [-0.05, 0) is 12.8 Å². The number of aliphatic imine (C=N–C) groups is 1. The molecule has 2 unspecified atom stereocenters. The summed E-state index contributed by atoms with van der Waals surface area (Å²) in [5.74, 6) is 0.491. The molecule has 1 aliphatic heterocycles. The summed E-state index contributed by atoms with van der Waals surface area (Å²) in [5.41, 5.74) is 0.932. The van der Waals surface area contributed by atoms with Gasteiger partial charge in [-0.25, -0.2) is 0 Å². The van der Waals surface area contributed by atoms with Crippen molar-refractivity contribution in [3.05, 3.63) is 0 Å². The SMILES string of the molecule is N=C1CC=NC2CCCCCCC12. The van der Waals surface area contributed by atoms with Gasteiger partial charge in [-0.3, -0.25) is 4.99 Å². The first-order valence-electron chi connectivity index (χ1n) is 5.47. The molecule has 1 fully saturated rings. The molecule has 0 aromatic rings. The van der Waals surface area contributed by atoms with Gasteiger partial charge < -0.3 is 5.41 Å². The predicted molar refractivity (Wildman–Crippen MR) is 55.8 cm³/mol. The zero-order chi connectivity index (χ0) is 9.10. The van der Waals surface area contributed by atoms with Crippen LogP contribution >= 0.6 is 0 Å². The highest BCUT2D eigenvalue weighted by Crippen LogP contribution is 2.28. The van der Waals surface area contributed by atoms with Crippen molar-refractivity contribution < 1.29 is 0 Å². The largest absolute Gasteiger partial charge is 0.309 e. The Balaban J connectivity index is 2.07. The topological polar surface area (TPSA) is 36.2 Å². The quantitative estimate of drug-likeness (QED) is 0.592. The number of hydrogen-bond donors (Lipinski definition) is 1. The van der Waals surface area contributed by atoms with E-state index in [1.165, 1.54) is 38.5 Å². The van der Waals surface area contributed by atoms with Gasteiger partial charge in [-0.2, -0.15) is 0 Å². The van der Waals surface area contributed by atoms with Crippen LogP contribution in [0.5, 0.6) is 0 Å². The van der Waals surface area contributed by atoms with E-state index < -0.39 is 0 Å². The fourth-order valence-corrected chi connectivity index (χ4v) is 2.49. The number of fused-ring (bicyclic) bond motifs is 1. The van der Waals surface area contributed by atoms with Crippen molar-refractivity contribution in [2.75, 3.05) is 0 Å². The van der Waals surface area contributed by atoms with Crippen LogP contribution in [0.1, 0.15) is 44.9 Å². The maximum atomic E-state index is 7.89. The Morgan fingerprint density at radius 2 is 1.92 bits per heavy atom. The van der Waals surface area contributed by atoms with Crippen LogP contribution in [0.4, 0.5) is 0 Å². The minimum Gasteiger partial charge on any atom is -0.309 e. The lowest BCUT2D eigenvalue weighted by Crippen LogP contribution is -2.31. The van der Waals surface area contributed by atoms with Crippen molar-refractivity contribution in [2.45, 2.75) is 51.0 Å². The Labute approximate surface area is 80.0 Å². The summed E-state index contributed by atoms with van der Waals surface area (Å²) in [7, 11) is 0. The van der Waals surface area contributed by atoms with Gasteiger partial charge >= 0.3 is 0 Å². The Kier molecular flexibility index (Phi) is 2.77. The zero-order valence-corrected chi connectivity index (χ0v) is 8.13.